The quantitative estimate of drug-likeness (QED) is 0.666. The first kappa shape index (κ1) is 15.8. The number of anilines is 1. The molecule has 0 aromatic heterocycles. The molecule has 1 aliphatic heterocycles. The zero-order valence-electron chi connectivity index (χ0n) is 11.1. The molecule has 114 valence electrons. The topological polar surface area (TPSA) is 92.7 Å². The van der Waals surface area contributed by atoms with Crippen molar-refractivity contribution in [2.45, 2.75) is 0 Å². The highest BCUT2D eigenvalue weighted by Gasteiger charge is 2.23. The molecule has 1 aromatic carbocycles. The lowest BCUT2D eigenvalue weighted by Crippen LogP contribution is -2.49. The third-order valence-corrected chi connectivity index (χ3v) is 3.86. The van der Waals surface area contributed by atoms with Crippen LogP contribution in [0.2, 0.25) is 10.0 Å². The van der Waals surface area contributed by atoms with E-state index in [0.29, 0.717) is 31.9 Å². The van der Waals surface area contributed by atoms with Gasteiger partial charge in [-0.25, -0.2) is 0 Å². The average molecular weight is 333 g/mol. The maximum atomic E-state index is 10.9. The summed E-state index contributed by atoms with van der Waals surface area (Å²) in [4.78, 5) is 25.0. The Morgan fingerprint density at radius 3 is 2.19 bits per heavy atom. The first-order valence-electron chi connectivity index (χ1n) is 6.27. The second-order valence-corrected chi connectivity index (χ2v) is 5.56. The molecular formula is C12H14Cl2N4O3. The lowest BCUT2D eigenvalue weighted by Gasteiger charge is -2.36. The molecule has 9 heteroatoms. The maximum absolute atomic E-state index is 10.9. The molecule has 0 unspecified atom stereocenters. The van der Waals surface area contributed by atoms with E-state index in [1.807, 2.05) is 9.80 Å². The molecule has 1 fully saturated rings. The highest BCUT2D eigenvalue weighted by Crippen LogP contribution is 2.37. The van der Waals surface area contributed by atoms with Crippen LogP contribution >= 0.6 is 23.2 Å². The molecule has 1 saturated heterocycles. The molecule has 0 bridgehead atoms. The summed E-state index contributed by atoms with van der Waals surface area (Å²) in [5, 5.41) is 11.3. The number of carbonyl (C=O) groups excluding carboxylic acids is 1. The van der Waals surface area contributed by atoms with Crippen molar-refractivity contribution in [3.63, 3.8) is 0 Å². The summed E-state index contributed by atoms with van der Waals surface area (Å²) in [6.07, 6.45) is 0. The van der Waals surface area contributed by atoms with Crippen LogP contribution in [0.3, 0.4) is 0 Å². The molecule has 0 atom stereocenters. The normalized spacial score (nSPS) is 16.0. The minimum atomic E-state index is -0.535. The van der Waals surface area contributed by atoms with Gasteiger partial charge in [0.05, 0.1) is 27.2 Å². The van der Waals surface area contributed by atoms with Crippen LogP contribution in [0.25, 0.3) is 0 Å². The van der Waals surface area contributed by atoms with Crippen LogP contribution in [0.4, 0.5) is 11.4 Å². The number of benzene rings is 1. The summed E-state index contributed by atoms with van der Waals surface area (Å²) >= 11 is 12.2. The van der Waals surface area contributed by atoms with E-state index >= 15 is 0 Å². The number of hydrogen-bond donors (Lipinski definition) is 1. The van der Waals surface area contributed by atoms with Gasteiger partial charge in [0.1, 0.15) is 0 Å². The molecule has 0 radical (unpaired) electrons. The maximum Gasteiger partial charge on any atom is 0.272 e. The van der Waals surface area contributed by atoms with Gasteiger partial charge in [-0.1, -0.05) is 23.2 Å². The Morgan fingerprint density at radius 2 is 1.76 bits per heavy atom. The number of nitro benzene ring substituents is 1. The molecular weight excluding hydrogens is 319 g/mol. The molecule has 21 heavy (non-hydrogen) atoms. The predicted molar refractivity (Wildman–Crippen MR) is 81.0 cm³/mol. The van der Waals surface area contributed by atoms with Gasteiger partial charge < -0.3 is 10.6 Å². The fourth-order valence-electron chi connectivity index (χ4n) is 2.31. The number of nitro groups is 1. The van der Waals surface area contributed by atoms with E-state index in [-0.39, 0.29) is 28.2 Å². The SMILES string of the molecule is NC(=O)CN1CCN(c2c(Cl)cc([N+](=O)[O-])cc2Cl)CC1. The van der Waals surface area contributed by atoms with E-state index in [2.05, 4.69) is 0 Å². The van der Waals surface area contributed by atoms with Gasteiger partial charge in [-0.05, 0) is 0 Å². The number of carbonyl (C=O) groups is 1. The van der Waals surface area contributed by atoms with Crippen LogP contribution in [0.15, 0.2) is 12.1 Å². The number of nitrogens with zero attached hydrogens (tertiary/aromatic N) is 3. The van der Waals surface area contributed by atoms with Crippen molar-refractivity contribution in [1.82, 2.24) is 4.90 Å². The minimum absolute atomic E-state index is 0.138. The highest BCUT2D eigenvalue weighted by molar-refractivity contribution is 6.39. The van der Waals surface area contributed by atoms with E-state index < -0.39 is 4.92 Å². The molecule has 1 aliphatic rings. The number of hydrogen-bond acceptors (Lipinski definition) is 5. The Kier molecular flexibility index (Phi) is 4.87. The number of piperazine rings is 1. The highest BCUT2D eigenvalue weighted by atomic mass is 35.5. The van der Waals surface area contributed by atoms with Crippen LogP contribution in [0.5, 0.6) is 0 Å². The zero-order chi connectivity index (χ0) is 15.6. The van der Waals surface area contributed by atoms with E-state index in [0.717, 1.165) is 0 Å². The number of nitrogens with two attached hydrogens (primary N) is 1. The Morgan fingerprint density at radius 1 is 1.24 bits per heavy atom. The van der Waals surface area contributed by atoms with E-state index in [9.17, 15) is 14.9 Å². The van der Waals surface area contributed by atoms with Crippen LogP contribution < -0.4 is 10.6 Å². The summed E-state index contributed by atoms with van der Waals surface area (Å²) < 4.78 is 0. The number of rotatable bonds is 4. The molecule has 0 spiro atoms. The zero-order valence-corrected chi connectivity index (χ0v) is 12.6. The largest absolute Gasteiger partial charge is 0.369 e. The Hall–Kier alpha value is -1.57. The van der Waals surface area contributed by atoms with Crippen molar-refractivity contribution in [2.75, 3.05) is 37.6 Å². The summed E-state index contributed by atoms with van der Waals surface area (Å²) in [5.41, 5.74) is 5.61. The molecule has 1 amide bonds. The Balaban J connectivity index is 2.13. The average Bonchev–Trinajstić information content (AvgIpc) is 2.39. The second-order valence-electron chi connectivity index (χ2n) is 4.74. The van der Waals surface area contributed by atoms with Gasteiger partial charge in [0.2, 0.25) is 5.91 Å². The lowest BCUT2D eigenvalue weighted by molar-refractivity contribution is -0.384. The van der Waals surface area contributed by atoms with Crippen molar-refractivity contribution in [1.29, 1.82) is 0 Å². The molecule has 1 heterocycles. The van der Waals surface area contributed by atoms with Crippen LogP contribution in [-0.4, -0.2) is 48.5 Å². The standard InChI is InChI=1S/C12H14Cl2N4O3/c13-9-5-8(18(20)21)6-10(14)12(9)17-3-1-16(2-4-17)7-11(15)19/h5-6H,1-4,7H2,(H2,15,19). The number of halogens is 2. The first-order chi connectivity index (χ1) is 9.88. The summed E-state index contributed by atoms with van der Waals surface area (Å²) in [6, 6.07) is 2.58. The van der Waals surface area contributed by atoms with Crippen molar-refractivity contribution in [2.24, 2.45) is 5.73 Å². The predicted octanol–water partition coefficient (Wildman–Crippen LogP) is 1.51. The molecule has 0 aliphatic carbocycles. The monoisotopic (exact) mass is 332 g/mol. The van der Waals surface area contributed by atoms with Gasteiger partial charge in [0, 0.05) is 38.3 Å². The minimum Gasteiger partial charge on any atom is -0.369 e. The number of amides is 1. The Labute approximate surface area is 131 Å². The van der Waals surface area contributed by atoms with E-state index in [1.165, 1.54) is 12.1 Å². The van der Waals surface area contributed by atoms with Crippen LogP contribution in [0.1, 0.15) is 0 Å². The molecule has 2 rings (SSSR count). The van der Waals surface area contributed by atoms with Gasteiger partial charge in [-0.3, -0.25) is 19.8 Å². The summed E-state index contributed by atoms with van der Waals surface area (Å²) in [5.74, 6) is -0.366. The van der Waals surface area contributed by atoms with Crippen molar-refractivity contribution >= 4 is 40.5 Å². The van der Waals surface area contributed by atoms with Crippen molar-refractivity contribution in [3.05, 3.63) is 32.3 Å². The van der Waals surface area contributed by atoms with E-state index in [1.54, 1.807) is 0 Å². The van der Waals surface area contributed by atoms with Gasteiger partial charge in [-0.15, -0.1) is 0 Å². The number of non-ortho nitro benzene ring substituents is 1. The van der Waals surface area contributed by atoms with Gasteiger partial charge >= 0.3 is 0 Å². The van der Waals surface area contributed by atoms with E-state index in [4.69, 9.17) is 28.9 Å². The van der Waals surface area contributed by atoms with Crippen LogP contribution in [0, 0.1) is 10.1 Å². The van der Waals surface area contributed by atoms with Gasteiger partial charge in [0.15, 0.2) is 0 Å². The fourth-order valence-corrected chi connectivity index (χ4v) is 3.02. The molecule has 1 aromatic rings. The third-order valence-electron chi connectivity index (χ3n) is 3.28. The first-order valence-corrected chi connectivity index (χ1v) is 7.03. The fraction of sp³-hybridized carbons (Fsp3) is 0.417. The number of primary amides is 1. The Bertz CT molecular complexity index is 551. The third kappa shape index (κ3) is 3.75. The molecule has 2 N–H and O–H groups in total. The van der Waals surface area contributed by atoms with Crippen molar-refractivity contribution in [3.8, 4) is 0 Å². The van der Waals surface area contributed by atoms with Crippen molar-refractivity contribution < 1.29 is 9.72 Å². The second kappa shape index (κ2) is 6.46. The lowest BCUT2D eigenvalue weighted by atomic mass is 10.2. The molecule has 7 nitrogen and oxygen atoms in total. The molecule has 0 saturated carbocycles. The summed E-state index contributed by atoms with van der Waals surface area (Å²) in [6.45, 7) is 2.74. The summed E-state index contributed by atoms with van der Waals surface area (Å²) in [7, 11) is 0. The smallest absolute Gasteiger partial charge is 0.272 e. The van der Waals surface area contributed by atoms with Gasteiger partial charge in [-0.2, -0.15) is 0 Å². The van der Waals surface area contributed by atoms with Gasteiger partial charge in [0.25, 0.3) is 5.69 Å². The van der Waals surface area contributed by atoms with Crippen LogP contribution in [-0.2, 0) is 4.79 Å².